The summed E-state index contributed by atoms with van der Waals surface area (Å²) in [5.74, 6) is 0.867. The van der Waals surface area contributed by atoms with Gasteiger partial charge in [0.05, 0.1) is 29.5 Å². The fourth-order valence-corrected chi connectivity index (χ4v) is 4.57. The summed E-state index contributed by atoms with van der Waals surface area (Å²) in [6.07, 6.45) is 3.95. The average Bonchev–Trinajstić information content (AvgIpc) is 2.89. The highest BCUT2D eigenvalue weighted by molar-refractivity contribution is 8.14. The minimum absolute atomic E-state index is 0.123. The number of fused-ring (bicyclic) bond motifs is 1. The van der Waals surface area contributed by atoms with Gasteiger partial charge in [-0.3, -0.25) is 0 Å². The number of rotatable bonds is 2. The van der Waals surface area contributed by atoms with Crippen molar-refractivity contribution in [2.75, 3.05) is 12.8 Å². The van der Waals surface area contributed by atoms with Crippen LogP contribution in [0, 0.1) is 11.3 Å². The summed E-state index contributed by atoms with van der Waals surface area (Å²) in [5, 5.41) is 20.1. The van der Waals surface area contributed by atoms with Gasteiger partial charge in [0.2, 0.25) is 0 Å². The van der Waals surface area contributed by atoms with Crippen molar-refractivity contribution in [2.24, 2.45) is 4.99 Å². The van der Waals surface area contributed by atoms with Crippen molar-refractivity contribution < 1.29 is 5.11 Å². The van der Waals surface area contributed by atoms with Gasteiger partial charge in [-0.1, -0.05) is 11.8 Å². The molecule has 2 aliphatic rings. The molecule has 3 rings (SSSR count). The smallest absolute Gasteiger partial charge is 0.164 e. The third kappa shape index (κ3) is 2.73. The Hall–Kier alpha value is -1.51. The van der Waals surface area contributed by atoms with Crippen LogP contribution in [0.1, 0.15) is 36.5 Å². The maximum atomic E-state index is 9.82. The predicted molar refractivity (Wildman–Crippen MR) is 90.6 cm³/mol. The maximum absolute atomic E-state index is 9.82. The number of thioether (sulfide) groups is 1. The third-order valence-electron chi connectivity index (χ3n) is 4.59. The van der Waals surface area contributed by atoms with Crippen molar-refractivity contribution in [1.82, 2.24) is 4.90 Å². The highest BCUT2D eigenvalue weighted by atomic mass is 32.2. The molecule has 0 amide bonds. The van der Waals surface area contributed by atoms with Crippen molar-refractivity contribution in [3.8, 4) is 6.07 Å². The van der Waals surface area contributed by atoms with Crippen LogP contribution in [0.15, 0.2) is 17.1 Å². The molecule has 0 saturated carbocycles. The minimum atomic E-state index is -0.361. The molecule has 0 unspecified atom stereocenters. The number of nitrogens with zero attached hydrogens (tertiary/aromatic N) is 3. The molecule has 22 heavy (non-hydrogen) atoms. The second-order valence-corrected chi connectivity index (χ2v) is 7.02. The molecule has 1 saturated heterocycles. The molecule has 2 atom stereocenters. The first-order chi connectivity index (χ1) is 10.6. The Labute approximate surface area is 135 Å². The lowest BCUT2D eigenvalue weighted by molar-refractivity contribution is 0.126. The van der Waals surface area contributed by atoms with Gasteiger partial charge in [-0.15, -0.1) is 0 Å². The number of aliphatic hydroxyl groups is 1. The zero-order chi connectivity index (χ0) is 15.7. The van der Waals surface area contributed by atoms with Crippen LogP contribution < -0.4 is 0 Å². The molecule has 1 aromatic rings. The number of aliphatic imine (C=N–C) groups is 1. The van der Waals surface area contributed by atoms with E-state index in [4.69, 9.17) is 4.99 Å². The van der Waals surface area contributed by atoms with Gasteiger partial charge in [0.15, 0.2) is 5.17 Å². The molecule has 1 N–H and O–H groups in total. The number of amidine groups is 1. The second-order valence-electron chi connectivity index (χ2n) is 6.03. The highest BCUT2D eigenvalue weighted by Crippen LogP contribution is 2.34. The van der Waals surface area contributed by atoms with Crippen molar-refractivity contribution >= 4 is 22.6 Å². The van der Waals surface area contributed by atoms with Crippen molar-refractivity contribution in [2.45, 2.75) is 44.8 Å². The van der Waals surface area contributed by atoms with Gasteiger partial charge in [-0.2, -0.15) is 5.26 Å². The molecule has 1 aliphatic carbocycles. The molecule has 1 aromatic carbocycles. The summed E-state index contributed by atoms with van der Waals surface area (Å²) < 4.78 is 0. The van der Waals surface area contributed by atoms with Crippen molar-refractivity contribution in [3.63, 3.8) is 0 Å². The van der Waals surface area contributed by atoms with Crippen LogP contribution in [-0.2, 0) is 12.8 Å². The topological polar surface area (TPSA) is 59.6 Å². The predicted octanol–water partition coefficient (Wildman–Crippen LogP) is 2.85. The lowest BCUT2D eigenvalue weighted by Crippen LogP contribution is -2.38. The SMILES string of the molecule is C[C@@H](O)[C@H]1CSC(=Nc2ccc(C#N)c3c2CCCC3)N1C. The zero-order valence-corrected chi connectivity index (χ0v) is 13.9. The Morgan fingerprint density at radius 2 is 2.09 bits per heavy atom. The van der Waals surface area contributed by atoms with E-state index < -0.39 is 0 Å². The summed E-state index contributed by atoms with van der Waals surface area (Å²) in [7, 11) is 1.99. The molecule has 4 nitrogen and oxygen atoms in total. The van der Waals surface area contributed by atoms with Gasteiger partial charge >= 0.3 is 0 Å². The van der Waals surface area contributed by atoms with Crippen LogP contribution in [0.2, 0.25) is 0 Å². The van der Waals surface area contributed by atoms with Gasteiger partial charge in [0, 0.05) is 12.8 Å². The van der Waals surface area contributed by atoms with Crippen molar-refractivity contribution in [3.05, 3.63) is 28.8 Å². The highest BCUT2D eigenvalue weighted by Gasteiger charge is 2.30. The van der Waals surface area contributed by atoms with Gasteiger partial charge in [0.1, 0.15) is 0 Å². The first-order valence-corrected chi connectivity index (χ1v) is 8.77. The Kier molecular flexibility index (Phi) is 4.42. The van der Waals surface area contributed by atoms with Gasteiger partial charge in [-0.25, -0.2) is 4.99 Å². The van der Waals surface area contributed by atoms with Crippen LogP contribution >= 0.6 is 11.8 Å². The molecule has 0 bridgehead atoms. The molecule has 5 heteroatoms. The molecule has 116 valence electrons. The van der Waals surface area contributed by atoms with Crippen LogP contribution in [0.4, 0.5) is 5.69 Å². The summed E-state index contributed by atoms with van der Waals surface area (Å²) in [5.41, 5.74) is 4.22. The first kappa shape index (κ1) is 15.4. The molecule has 1 heterocycles. The molecule has 0 radical (unpaired) electrons. The number of nitriles is 1. The summed E-state index contributed by atoms with van der Waals surface area (Å²) >= 11 is 1.69. The maximum Gasteiger partial charge on any atom is 0.164 e. The minimum Gasteiger partial charge on any atom is -0.391 e. The first-order valence-electron chi connectivity index (χ1n) is 7.79. The van der Waals surface area contributed by atoms with Crippen LogP contribution in [0.5, 0.6) is 0 Å². The summed E-state index contributed by atoms with van der Waals surface area (Å²) in [4.78, 5) is 6.92. The van der Waals surface area contributed by atoms with E-state index in [0.717, 1.165) is 41.4 Å². The average molecular weight is 315 g/mol. The van der Waals surface area contributed by atoms with Gasteiger partial charge in [0.25, 0.3) is 0 Å². The van der Waals surface area contributed by atoms with E-state index in [0.29, 0.717) is 0 Å². The zero-order valence-electron chi connectivity index (χ0n) is 13.0. The number of hydrogen-bond acceptors (Lipinski definition) is 4. The van der Waals surface area contributed by atoms with Gasteiger partial charge < -0.3 is 10.0 Å². The normalized spacial score (nSPS) is 24.2. The molecular formula is C17H21N3OS. The van der Waals surface area contributed by atoms with Gasteiger partial charge in [-0.05, 0) is 55.9 Å². The Bertz CT molecular complexity index is 648. The Balaban J connectivity index is 1.97. The summed E-state index contributed by atoms with van der Waals surface area (Å²) in [6.45, 7) is 1.83. The molecule has 1 aliphatic heterocycles. The number of hydrogen-bond donors (Lipinski definition) is 1. The lowest BCUT2D eigenvalue weighted by Gasteiger charge is -2.24. The van der Waals surface area contributed by atoms with Crippen LogP contribution in [0.25, 0.3) is 0 Å². The van der Waals surface area contributed by atoms with E-state index >= 15 is 0 Å². The third-order valence-corrected chi connectivity index (χ3v) is 5.73. The largest absolute Gasteiger partial charge is 0.391 e. The standard InChI is InChI=1S/C17H21N3OS/c1-11(21)16-10-22-17(20(16)2)19-15-8-7-12(9-18)13-5-3-4-6-14(13)15/h7-8,11,16,21H,3-6,10H2,1-2H3/t11-,16-/m1/s1. The van der Waals surface area contributed by atoms with E-state index in [1.165, 1.54) is 17.5 Å². The summed E-state index contributed by atoms with van der Waals surface area (Å²) in [6, 6.07) is 6.30. The number of likely N-dealkylation sites (N-methyl/N-ethyl adjacent to an activating group) is 1. The van der Waals surface area contributed by atoms with Crippen LogP contribution in [-0.4, -0.2) is 40.1 Å². The molecule has 1 fully saturated rings. The lowest BCUT2D eigenvalue weighted by atomic mass is 9.87. The molecule has 0 spiro atoms. The van der Waals surface area contributed by atoms with Crippen LogP contribution in [0.3, 0.4) is 0 Å². The second kappa shape index (κ2) is 6.31. The van der Waals surface area contributed by atoms with E-state index in [2.05, 4.69) is 11.0 Å². The Morgan fingerprint density at radius 1 is 1.36 bits per heavy atom. The molecule has 0 aromatic heterocycles. The van der Waals surface area contributed by atoms with E-state index in [9.17, 15) is 10.4 Å². The van der Waals surface area contributed by atoms with E-state index in [1.54, 1.807) is 11.8 Å². The quantitative estimate of drug-likeness (QED) is 0.911. The fraction of sp³-hybridized carbons (Fsp3) is 0.529. The molecular weight excluding hydrogens is 294 g/mol. The van der Waals surface area contributed by atoms with E-state index in [1.807, 2.05) is 26.1 Å². The number of benzene rings is 1. The van der Waals surface area contributed by atoms with Crippen molar-refractivity contribution in [1.29, 1.82) is 5.26 Å². The monoisotopic (exact) mass is 315 g/mol. The van der Waals surface area contributed by atoms with E-state index in [-0.39, 0.29) is 12.1 Å². The Morgan fingerprint density at radius 3 is 2.73 bits per heavy atom. The number of aliphatic hydroxyl groups excluding tert-OH is 1. The fourth-order valence-electron chi connectivity index (χ4n) is 3.25.